The molecule has 18 heavy (non-hydrogen) atoms. The molecule has 1 N–H and O–H groups in total. The van der Waals surface area contributed by atoms with Gasteiger partial charge in [-0.3, -0.25) is 4.79 Å². The number of hydrogen-bond acceptors (Lipinski definition) is 2. The van der Waals surface area contributed by atoms with Crippen LogP contribution in [0.2, 0.25) is 10.0 Å². The quantitative estimate of drug-likeness (QED) is 0.903. The van der Waals surface area contributed by atoms with E-state index in [2.05, 4.69) is 5.32 Å². The summed E-state index contributed by atoms with van der Waals surface area (Å²) in [6.07, 6.45) is 0.218. The number of halogens is 2. The highest BCUT2D eigenvalue weighted by atomic mass is 35.5. The molecule has 0 heterocycles. The first-order valence-corrected chi connectivity index (χ1v) is 6.48. The molecule has 0 bridgehead atoms. The zero-order chi connectivity index (χ0) is 13.7. The van der Waals surface area contributed by atoms with E-state index in [4.69, 9.17) is 27.9 Å². The summed E-state index contributed by atoms with van der Waals surface area (Å²) in [5.41, 5.74) is 0.698. The van der Waals surface area contributed by atoms with Crippen molar-refractivity contribution in [3.05, 3.63) is 27.7 Å². The van der Waals surface area contributed by atoms with Gasteiger partial charge in [-0.2, -0.15) is 0 Å². The number of benzene rings is 1. The van der Waals surface area contributed by atoms with Gasteiger partial charge in [-0.1, -0.05) is 37.0 Å². The second kappa shape index (κ2) is 6.86. The second-order valence-electron chi connectivity index (χ2n) is 4.45. The number of carbonyl (C=O) groups is 1. The molecule has 1 aromatic carbocycles. The first-order chi connectivity index (χ1) is 8.43. The van der Waals surface area contributed by atoms with Gasteiger partial charge in [0.1, 0.15) is 5.75 Å². The van der Waals surface area contributed by atoms with Crippen molar-refractivity contribution >= 4 is 29.1 Å². The fraction of sp³-hybridized carbons (Fsp3) is 0.462. The predicted molar refractivity (Wildman–Crippen MR) is 74.6 cm³/mol. The number of methoxy groups -OCH3 is 1. The maximum absolute atomic E-state index is 11.7. The number of carbonyl (C=O) groups excluding carboxylic acids is 1. The lowest BCUT2D eigenvalue weighted by Crippen LogP contribution is -2.28. The van der Waals surface area contributed by atoms with Crippen LogP contribution in [0.1, 0.15) is 19.4 Å². The van der Waals surface area contributed by atoms with Gasteiger partial charge in [-0.05, 0) is 17.5 Å². The molecule has 0 atom stereocenters. The lowest BCUT2D eigenvalue weighted by molar-refractivity contribution is -0.120. The molecule has 1 amide bonds. The van der Waals surface area contributed by atoms with Gasteiger partial charge in [0.25, 0.3) is 0 Å². The average molecular weight is 290 g/mol. The van der Waals surface area contributed by atoms with Gasteiger partial charge in [-0.25, -0.2) is 0 Å². The lowest BCUT2D eigenvalue weighted by atomic mass is 10.1. The third-order valence-electron chi connectivity index (χ3n) is 2.38. The van der Waals surface area contributed by atoms with Crippen LogP contribution in [-0.2, 0) is 11.2 Å². The van der Waals surface area contributed by atoms with Gasteiger partial charge in [-0.15, -0.1) is 0 Å². The number of amides is 1. The number of nitrogens with one attached hydrogen (secondary N) is 1. The molecule has 5 heteroatoms. The Bertz CT molecular complexity index is 433. The molecule has 0 aromatic heterocycles. The summed E-state index contributed by atoms with van der Waals surface area (Å²) in [5, 5.41) is 3.77. The maximum atomic E-state index is 11.7. The number of ether oxygens (including phenoxy) is 1. The van der Waals surface area contributed by atoms with Crippen molar-refractivity contribution in [3.8, 4) is 5.75 Å². The molecule has 3 nitrogen and oxygen atoms in total. The van der Waals surface area contributed by atoms with Crippen LogP contribution in [0, 0.1) is 5.92 Å². The van der Waals surface area contributed by atoms with E-state index in [9.17, 15) is 4.79 Å². The van der Waals surface area contributed by atoms with E-state index in [0.29, 0.717) is 33.8 Å². The molecule has 100 valence electrons. The minimum absolute atomic E-state index is 0.0631. The minimum Gasteiger partial charge on any atom is -0.495 e. The van der Waals surface area contributed by atoms with Crippen molar-refractivity contribution in [2.24, 2.45) is 5.92 Å². The third kappa shape index (κ3) is 4.39. The molecule has 1 aromatic rings. The first-order valence-electron chi connectivity index (χ1n) is 5.72. The van der Waals surface area contributed by atoms with Crippen LogP contribution in [0.4, 0.5) is 0 Å². The van der Waals surface area contributed by atoms with E-state index in [0.717, 1.165) is 0 Å². The van der Waals surface area contributed by atoms with Gasteiger partial charge in [0, 0.05) is 17.6 Å². The average Bonchev–Trinajstić information content (AvgIpc) is 2.30. The Kier molecular flexibility index (Phi) is 5.76. The van der Waals surface area contributed by atoms with Gasteiger partial charge in [0.15, 0.2) is 0 Å². The summed E-state index contributed by atoms with van der Waals surface area (Å²) >= 11 is 12.1. The minimum atomic E-state index is -0.0631. The molecule has 0 aliphatic heterocycles. The molecule has 0 unspecified atom stereocenters. The molecule has 1 rings (SSSR count). The van der Waals surface area contributed by atoms with Crippen molar-refractivity contribution in [3.63, 3.8) is 0 Å². The van der Waals surface area contributed by atoms with Crippen LogP contribution in [0.3, 0.4) is 0 Å². The van der Waals surface area contributed by atoms with Crippen LogP contribution >= 0.6 is 23.2 Å². The zero-order valence-electron chi connectivity index (χ0n) is 10.7. The van der Waals surface area contributed by atoms with Crippen molar-refractivity contribution in [1.82, 2.24) is 5.32 Å². The SMILES string of the molecule is COc1cc(Cl)c(CC(=O)NCC(C)C)cc1Cl. The molecule has 0 fully saturated rings. The standard InChI is InChI=1S/C13H17Cl2NO2/c1-8(2)7-16-13(17)5-9-4-11(15)12(18-3)6-10(9)14/h4,6,8H,5,7H2,1-3H3,(H,16,17). The number of hydrogen-bond donors (Lipinski definition) is 1. The van der Waals surface area contributed by atoms with Gasteiger partial charge in [0.2, 0.25) is 5.91 Å². The van der Waals surface area contributed by atoms with Crippen molar-refractivity contribution in [2.45, 2.75) is 20.3 Å². The van der Waals surface area contributed by atoms with Crippen LogP contribution in [0.5, 0.6) is 5.75 Å². The molecule has 0 aliphatic rings. The molecular formula is C13H17Cl2NO2. The summed E-state index contributed by atoms with van der Waals surface area (Å²) < 4.78 is 5.05. The smallest absolute Gasteiger partial charge is 0.224 e. The Balaban J connectivity index is 2.73. The molecule has 0 saturated carbocycles. The maximum Gasteiger partial charge on any atom is 0.224 e. The van der Waals surface area contributed by atoms with E-state index in [1.165, 1.54) is 7.11 Å². The van der Waals surface area contributed by atoms with Crippen molar-refractivity contribution in [1.29, 1.82) is 0 Å². The first kappa shape index (κ1) is 15.1. The second-order valence-corrected chi connectivity index (χ2v) is 5.27. The van der Waals surface area contributed by atoms with Crippen LogP contribution in [0.15, 0.2) is 12.1 Å². The Morgan fingerprint density at radius 2 is 2.00 bits per heavy atom. The molecule has 0 aliphatic carbocycles. The largest absolute Gasteiger partial charge is 0.495 e. The monoisotopic (exact) mass is 289 g/mol. The molecular weight excluding hydrogens is 273 g/mol. The Labute approximate surface area is 117 Å². The van der Waals surface area contributed by atoms with E-state index in [1.807, 2.05) is 13.8 Å². The highest BCUT2D eigenvalue weighted by molar-refractivity contribution is 6.34. The summed E-state index contributed by atoms with van der Waals surface area (Å²) in [5.74, 6) is 0.865. The summed E-state index contributed by atoms with van der Waals surface area (Å²) in [7, 11) is 1.52. The van der Waals surface area contributed by atoms with Gasteiger partial charge in [0.05, 0.1) is 18.6 Å². The van der Waals surface area contributed by atoms with E-state index < -0.39 is 0 Å². The van der Waals surface area contributed by atoms with E-state index in [-0.39, 0.29) is 12.3 Å². The fourth-order valence-electron chi connectivity index (χ4n) is 1.42. The summed E-state index contributed by atoms with van der Waals surface area (Å²) in [4.78, 5) is 11.7. The third-order valence-corrected chi connectivity index (χ3v) is 3.03. The van der Waals surface area contributed by atoms with Crippen molar-refractivity contribution in [2.75, 3.05) is 13.7 Å². The van der Waals surface area contributed by atoms with Crippen molar-refractivity contribution < 1.29 is 9.53 Å². The highest BCUT2D eigenvalue weighted by Crippen LogP contribution is 2.31. The lowest BCUT2D eigenvalue weighted by Gasteiger charge is -2.10. The van der Waals surface area contributed by atoms with E-state index in [1.54, 1.807) is 12.1 Å². The Morgan fingerprint density at radius 3 is 2.56 bits per heavy atom. The van der Waals surface area contributed by atoms with E-state index >= 15 is 0 Å². The summed E-state index contributed by atoms with van der Waals surface area (Å²) in [6, 6.07) is 3.28. The van der Waals surface area contributed by atoms with Gasteiger partial charge < -0.3 is 10.1 Å². The van der Waals surface area contributed by atoms with Crippen LogP contribution in [0.25, 0.3) is 0 Å². The number of rotatable bonds is 5. The Morgan fingerprint density at radius 1 is 1.33 bits per heavy atom. The summed E-state index contributed by atoms with van der Waals surface area (Å²) in [6.45, 7) is 4.73. The molecule has 0 radical (unpaired) electrons. The topological polar surface area (TPSA) is 38.3 Å². The highest BCUT2D eigenvalue weighted by Gasteiger charge is 2.11. The zero-order valence-corrected chi connectivity index (χ0v) is 12.2. The predicted octanol–water partition coefficient (Wildman–Crippen LogP) is 3.32. The van der Waals surface area contributed by atoms with Crippen LogP contribution < -0.4 is 10.1 Å². The molecule has 0 saturated heterocycles. The van der Waals surface area contributed by atoms with Crippen LogP contribution in [-0.4, -0.2) is 19.6 Å². The Hall–Kier alpha value is -0.930. The normalized spacial score (nSPS) is 10.6. The fourth-order valence-corrected chi connectivity index (χ4v) is 1.90. The molecule has 0 spiro atoms. The van der Waals surface area contributed by atoms with Gasteiger partial charge >= 0.3 is 0 Å².